The maximum Gasteiger partial charge on any atom is 0.354 e. The van der Waals surface area contributed by atoms with Crippen molar-refractivity contribution >= 4 is 40.2 Å². The van der Waals surface area contributed by atoms with Crippen LogP contribution in [0, 0.1) is 0 Å². The largest absolute Gasteiger partial charge is 0.477 e. The predicted molar refractivity (Wildman–Crippen MR) is 54.3 cm³/mol. The molecular formula is C8H3Cl2N3O2. The standard InChI is InChI=1S/C8H3Cl2N3O2/c9-6-5-3(12-8(10)13-6)1-2-4(11-5)7(14)15/h1-2H,(H,14,15). The van der Waals surface area contributed by atoms with Crippen LogP contribution in [0.4, 0.5) is 0 Å². The van der Waals surface area contributed by atoms with Crippen molar-refractivity contribution in [2.24, 2.45) is 0 Å². The molecule has 7 heteroatoms. The summed E-state index contributed by atoms with van der Waals surface area (Å²) in [5, 5.41) is 8.75. The van der Waals surface area contributed by atoms with Crippen LogP contribution in [0.3, 0.4) is 0 Å². The van der Waals surface area contributed by atoms with Crippen molar-refractivity contribution in [3.05, 3.63) is 28.3 Å². The summed E-state index contributed by atoms with van der Waals surface area (Å²) in [7, 11) is 0. The second kappa shape index (κ2) is 3.60. The first kappa shape index (κ1) is 10.1. The van der Waals surface area contributed by atoms with E-state index in [9.17, 15) is 4.79 Å². The molecule has 15 heavy (non-hydrogen) atoms. The second-order valence-corrected chi connectivity index (χ2v) is 3.35. The van der Waals surface area contributed by atoms with Gasteiger partial charge in [-0.3, -0.25) is 0 Å². The molecule has 0 spiro atoms. The minimum Gasteiger partial charge on any atom is -0.477 e. The van der Waals surface area contributed by atoms with Gasteiger partial charge in [0.15, 0.2) is 5.15 Å². The van der Waals surface area contributed by atoms with E-state index in [2.05, 4.69) is 15.0 Å². The Kier molecular flexibility index (Phi) is 2.42. The zero-order valence-corrected chi connectivity index (χ0v) is 8.62. The topological polar surface area (TPSA) is 76.0 Å². The maximum absolute atomic E-state index is 10.7. The number of hydrogen-bond acceptors (Lipinski definition) is 4. The molecule has 5 nitrogen and oxygen atoms in total. The molecule has 0 aliphatic heterocycles. The normalized spacial score (nSPS) is 10.5. The Bertz CT molecular complexity index is 559. The minimum absolute atomic E-state index is 0.00243. The molecule has 0 saturated carbocycles. The molecule has 2 heterocycles. The van der Waals surface area contributed by atoms with Crippen LogP contribution in [0.15, 0.2) is 12.1 Å². The van der Waals surface area contributed by atoms with E-state index in [1.807, 2.05) is 0 Å². The Morgan fingerprint density at radius 3 is 2.60 bits per heavy atom. The molecule has 0 aliphatic carbocycles. The quantitative estimate of drug-likeness (QED) is 0.613. The van der Waals surface area contributed by atoms with E-state index in [1.54, 1.807) is 0 Å². The average Bonchev–Trinajstić information content (AvgIpc) is 2.16. The Labute approximate surface area is 93.7 Å². The van der Waals surface area contributed by atoms with Gasteiger partial charge in [-0.25, -0.2) is 19.7 Å². The lowest BCUT2D eigenvalue weighted by Crippen LogP contribution is -2.01. The van der Waals surface area contributed by atoms with Crippen molar-refractivity contribution in [3.63, 3.8) is 0 Å². The first-order chi connectivity index (χ1) is 7.08. The molecule has 2 aromatic rings. The number of carbonyl (C=O) groups is 1. The lowest BCUT2D eigenvalue weighted by molar-refractivity contribution is 0.0691. The lowest BCUT2D eigenvalue weighted by atomic mass is 10.3. The third-order valence-corrected chi connectivity index (χ3v) is 2.12. The van der Waals surface area contributed by atoms with Gasteiger partial charge in [-0.2, -0.15) is 0 Å². The number of hydrogen-bond donors (Lipinski definition) is 1. The van der Waals surface area contributed by atoms with E-state index in [1.165, 1.54) is 12.1 Å². The smallest absolute Gasteiger partial charge is 0.354 e. The summed E-state index contributed by atoms with van der Waals surface area (Å²) in [5.74, 6) is -1.14. The molecule has 2 rings (SSSR count). The first-order valence-electron chi connectivity index (χ1n) is 3.81. The van der Waals surface area contributed by atoms with Gasteiger partial charge < -0.3 is 5.11 Å². The summed E-state index contributed by atoms with van der Waals surface area (Å²) in [4.78, 5) is 22.0. The third kappa shape index (κ3) is 1.84. The van der Waals surface area contributed by atoms with Gasteiger partial charge >= 0.3 is 5.97 Å². The Hall–Kier alpha value is -1.46. The van der Waals surface area contributed by atoms with Crippen LogP contribution in [-0.4, -0.2) is 26.0 Å². The molecule has 2 aromatic heterocycles. The third-order valence-electron chi connectivity index (χ3n) is 1.69. The van der Waals surface area contributed by atoms with Crippen molar-refractivity contribution in [1.29, 1.82) is 0 Å². The number of halogens is 2. The van der Waals surface area contributed by atoms with Crippen LogP contribution in [-0.2, 0) is 0 Å². The lowest BCUT2D eigenvalue weighted by Gasteiger charge is -2.00. The van der Waals surface area contributed by atoms with E-state index in [-0.39, 0.29) is 21.6 Å². The number of rotatable bonds is 1. The zero-order chi connectivity index (χ0) is 11.0. The Morgan fingerprint density at radius 2 is 1.93 bits per heavy atom. The second-order valence-electron chi connectivity index (χ2n) is 2.65. The van der Waals surface area contributed by atoms with E-state index in [0.29, 0.717) is 5.52 Å². The fourth-order valence-electron chi connectivity index (χ4n) is 1.07. The van der Waals surface area contributed by atoms with Crippen LogP contribution in [0.5, 0.6) is 0 Å². The van der Waals surface area contributed by atoms with Gasteiger partial charge in [0.05, 0.1) is 5.52 Å². The number of fused-ring (bicyclic) bond motifs is 1. The van der Waals surface area contributed by atoms with Crippen molar-refractivity contribution in [2.45, 2.75) is 0 Å². The van der Waals surface area contributed by atoms with Gasteiger partial charge in [0.2, 0.25) is 5.28 Å². The van der Waals surface area contributed by atoms with Crippen LogP contribution in [0.2, 0.25) is 10.4 Å². The van der Waals surface area contributed by atoms with Crippen molar-refractivity contribution < 1.29 is 9.90 Å². The highest BCUT2D eigenvalue weighted by molar-refractivity contribution is 6.35. The summed E-state index contributed by atoms with van der Waals surface area (Å²) in [6.07, 6.45) is 0. The van der Waals surface area contributed by atoms with Crippen molar-refractivity contribution in [3.8, 4) is 0 Å². The van der Waals surface area contributed by atoms with Crippen molar-refractivity contribution in [1.82, 2.24) is 15.0 Å². The number of nitrogens with zero attached hydrogens (tertiary/aromatic N) is 3. The van der Waals surface area contributed by atoms with Gasteiger partial charge in [0, 0.05) is 0 Å². The highest BCUT2D eigenvalue weighted by Crippen LogP contribution is 2.20. The number of aromatic carboxylic acids is 1. The maximum atomic E-state index is 10.7. The van der Waals surface area contributed by atoms with Gasteiger partial charge in [-0.1, -0.05) is 11.6 Å². The zero-order valence-electron chi connectivity index (χ0n) is 7.11. The van der Waals surface area contributed by atoms with Crippen LogP contribution >= 0.6 is 23.2 Å². The molecule has 0 saturated heterocycles. The van der Waals surface area contributed by atoms with Gasteiger partial charge in [0.25, 0.3) is 0 Å². The van der Waals surface area contributed by atoms with Crippen molar-refractivity contribution in [2.75, 3.05) is 0 Å². The molecule has 0 fully saturated rings. The first-order valence-corrected chi connectivity index (χ1v) is 4.56. The van der Waals surface area contributed by atoms with E-state index in [0.717, 1.165) is 0 Å². The number of carboxylic acid groups (broad SMARTS) is 1. The fraction of sp³-hybridized carbons (Fsp3) is 0. The van der Waals surface area contributed by atoms with Crippen LogP contribution in [0.25, 0.3) is 11.0 Å². The SMILES string of the molecule is O=C(O)c1ccc2nc(Cl)nc(Cl)c2n1. The minimum atomic E-state index is -1.14. The summed E-state index contributed by atoms with van der Waals surface area (Å²) >= 11 is 11.3. The summed E-state index contributed by atoms with van der Waals surface area (Å²) < 4.78 is 0. The average molecular weight is 244 g/mol. The molecule has 0 aliphatic rings. The number of carboxylic acids is 1. The van der Waals surface area contributed by atoms with Gasteiger partial charge in [0.1, 0.15) is 11.2 Å². The summed E-state index contributed by atoms with van der Waals surface area (Å²) in [6.45, 7) is 0. The molecule has 0 atom stereocenters. The summed E-state index contributed by atoms with van der Waals surface area (Å²) in [5.41, 5.74) is 0.515. The molecule has 0 radical (unpaired) electrons. The highest BCUT2D eigenvalue weighted by Gasteiger charge is 2.10. The monoisotopic (exact) mass is 243 g/mol. The van der Waals surface area contributed by atoms with Crippen LogP contribution in [0.1, 0.15) is 10.5 Å². The molecule has 76 valence electrons. The Morgan fingerprint density at radius 1 is 1.20 bits per heavy atom. The molecule has 1 N–H and O–H groups in total. The fourth-order valence-corrected chi connectivity index (χ4v) is 1.51. The number of pyridine rings is 1. The molecule has 0 aromatic carbocycles. The molecular weight excluding hydrogens is 241 g/mol. The predicted octanol–water partition coefficient (Wildman–Crippen LogP) is 2.03. The summed E-state index contributed by atoms with van der Waals surface area (Å²) in [6, 6.07) is 2.80. The Balaban J connectivity index is 2.76. The van der Waals surface area contributed by atoms with E-state index >= 15 is 0 Å². The van der Waals surface area contributed by atoms with E-state index < -0.39 is 5.97 Å². The molecule has 0 bridgehead atoms. The molecule has 0 amide bonds. The number of aromatic nitrogens is 3. The van der Waals surface area contributed by atoms with Crippen LogP contribution < -0.4 is 0 Å². The van der Waals surface area contributed by atoms with E-state index in [4.69, 9.17) is 28.3 Å². The van der Waals surface area contributed by atoms with Gasteiger partial charge in [-0.15, -0.1) is 0 Å². The highest BCUT2D eigenvalue weighted by atomic mass is 35.5. The molecule has 0 unspecified atom stereocenters. The van der Waals surface area contributed by atoms with Gasteiger partial charge in [-0.05, 0) is 23.7 Å².